The molecule has 0 aromatic heterocycles. The molecule has 0 aliphatic rings. The minimum absolute atomic E-state index is 0.151. The molecule has 0 heterocycles. The van der Waals surface area contributed by atoms with Gasteiger partial charge in [-0.15, -0.1) is 0 Å². The van der Waals surface area contributed by atoms with E-state index in [4.69, 9.17) is 28.9 Å². The van der Waals surface area contributed by atoms with Gasteiger partial charge in [0.1, 0.15) is 0 Å². The molecule has 7 heteroatoms. The molecule has 2 aromatic rings. The largest absolute Gasteiger partial charge is 0.399 e. The van der Waals surface area contributed by atoms with E-state index in [2.05, 4.69) is 0 Å². The predicted octanol–water partition coefficient (Wildman–Crippen LogP) is 3.40. The smallest absolute Gasteiger partial charge is 0.243 e. The third kappa shape index (κ3) is 3.89. The van der Waals surface area contributed by atoms with E-state index in [1.807, 2.05) is 0 Å². The van der Waals surface area contributed by atoms with Crippen molar-refractivity contribution in [2.45, 2.75) is 11.4 Å². The molecule has 4 nitrogen and oxygen atoms in total. The molecule has 112 valence electrons. The maximum Gasteiger partial charge on any atom is 0.243 e. The molecular formula is C14H14Cl2N2O2S. The summed E-state index contributed by atoms with van der Waals surface area (Å²) in [6.07, 6.45) is 0. The van der Waals surface area contributed by atoms with Crippen LogP contribution in [0.5, 0.6) is 0 Å². The Morgan fingerprint density at radius 2 is 1.71 bits per heavy atom. The normalized spacial score (nSPS) is 11.8. The highest BCUT2D eigenvalue weighted by Crippen LogP contribution is 2.23. The van der Waals surface area contributed by atoms with Crippen LogP contribution in [0, 0.1) is 0 Å². The quantitative estimate of drug-likeness (QED) is 0.864. The molecular weight excluding hydrogens is 331 g/mol. The van der Waals surface area contributed by atoms with E-state index in [9.17, 15) is 8.42 Å². The van der Waals surface area contributed by atoms with Gasteiger partial charge in [0.2, 0.25) is 10.0 Å². The Balaban J connectivity index is 2.28. The van der Waals surface area contributed by atoms with Crippen LogP contribution in [0.15, 0.2) is 47.4 Å². The summed E-state index contributed by atoms with van der Waals surface area (Å²) in [5.41, 5.74) is 6.74. The number of nitrogens with two attached hydrogens (primary N) is 1. The van der Waals surface area contributed by atoms with Crippen molar-refractivity contribution in [1.82, 2.24) is 4.31 Å². The number of hydrogen-bond donors (Lipinski definition) is 1. The number of benzene rings is 2. The van der Waals surface area contributed by atoms with Crippen LogP contribution in [0.25, 0.3) is 0 Å². The van der Waals surface area contributed by atoms with Gasteiger partial charge in [-0.05, 0) is 42.0 Å². The van der Waals surface area contributed by atoms with Crippen LogP contribution < -0.4 is 5.73 Å². The van der Waals surface area contributed by atoms with Gasteiger partial charge in [-0.1, -0.05) is 29.3 Å². The standard InChI is InChI=1S/C14H14Cl2N2O2S/c1-18(9-10-5-11(15)7-12(16)6-10)21(19,20)14-4-2-3-13(17)8-14/h2-8H,9,17H2,1H3. The Morgan fingerprint density at radius 1 is 1.10 bits per heavy atom. The van der Waals surface area contributed by atoms with E-state index in [1.54, 1.807) is 30.3 Å². The summed E-state index contributed by atoms with van der Waals surface area (Å²) in [6.45, 7) is 0.164. The van der Waals surface area contributed by atoms with Crippen molar-refractivity contribution in [2.75, 3.05) is 12.8 Å². The van der Waals surface area contributed by atoms with E-state index in [1.165, 1.54) is 23.5 Å². The van der Waals surface area contributed by atoms with Crippen molar-refractivity contribution < 1.29 is 8.42 Å². The highest BCUT2D eigenvalue weighted by Gasteiger charge is 2.21. The van der Waals surface area contributed by atoms with Gasteiger partial charge in [-0.2, -0.15) is 4.31 Å². The molecule has 2 aromatic carbocycles. The molecule has 0 bridgehead atoms. The van der Waals surface area contributed by atoms with Crippen molar-refractivity contribution in [2.24, 2.45) is 0 Å². The summed E-state index contributed by atoms with van der Waals surface area (Å²) >= 11 is 11.8. The third-order valence-corrected chi connectivity index (χ3v) is 5.13. The highest BCUT2D eigenvalue weighted by atomic mass is 35.5. The van der Waals surface area contributed by atoms with E-state index < -0.39 is 10.0 Å². The SMILES string of the molecule is CN(Cc1cc(Cl)cc(Cl)c1)S(=O)(=O)c1cccc(N)c1. The van der Waals surface area contributed by atoms with Gasteiger partial charge in [-0.3, -0.25) is 0 Å². The Morgan fingerprint density at radius 3 is 2.29 bits per heavy atom. The summed E-state index contributed by atoms with van der Waals surface area (Å²) in [5.74, 6) is 0. The molecule has 0 saturated carbocycles. The van der Waals surface area contributed by atoms with Crippen molar-refractivity contribution >= 4 is 38.9 Å². The van der Waals surface area contributed by atoms with Crippen LogP contribution in [-0.2, 0) is 16.6 Å². The fourth-order valence-corrected chi connectivity index (χ4v) is 3.68. The van der Waals surface area contributed by atoms with E-state index in [0.717, 1.165) is 0 Å². The van der Waals surface area contributed by atoms with Crippen LogP contribution in [0.3, 0.4) is 0 Å². The second-order valence-corrected chi connectivity index (χ2v) is 7.53. The van der Waals surface area contributed by atoms with Crippen LogP contribution >= 0.6 is 23.2 Å². The molecule has 0 aliphatic carbocycles. The molecule has 0 spiro atoms. The van der Waals surface area contributed by atoms with Gasteiger partial charge in [0.25, 0.3) is 0 Å². The zero-order chi connectivity index (χ0) is 15.6. The van der Waals surface area contributed by atoms with Gasteiger partial charge >= 0.3 is 0 Å². The average Bonchev–Trinajstić information content (AvgIpc) is 2.37. The maximum absolute atomic E-state index is 12.5. The summed E-state index contributed by atoms with van der Waals surface area (Å²) in [6, 6.07) is 11.1. The monoisotopic (exact) mass is 344 g/mol. The van der Waals surface area contributed by atoms with E-state index in [-0.39, 0.29) is 11.4 Å². The number of nitrogen functional groups attached to an aromatic ring is 1. The number of hydrogen-bond acceptors (Lipinski definition) is 3. The van der Waals surface area contributed by atoms with Gasteiger partial charge in [-0.25, -0.2) is 8.42 Å². The minimum Gasteiger partial charge on any atom is -0.399 e. The van der Waals surface area contributed by atoms with Crippen molar-refractivity contribution in [3.8, 4) is 0 Å². The van der Waals surface area contributed by atoms with E-state index >= 15 is 0 Å². The van der Waals surface area contributed by atoms with Gasteiger partial charge in [0.05, 0.1) is 4.90 Å². The van der Waals surface area contributed by atoms with Gasteiger partial charge in [0, 0.05) is 29.3 Å². The van der Waals surface area contributed by atoms with E-state index in [0.29, 0.717) is 21.3 Å². The molecule has 0 fully saturated rings. The van der Waals surface area contributed by atoms with Crippen LogP contribution in [-0.4, -0.2) is 19.8 Å². The second-order valence-electron chi connectivity index (χ2n) is 4.61. The van der Waals surface area contributed by atoms with Gasteiger partial charge < -0.3 is 5.73 Å². The lowest BCUT2D eigenvalue weighted by Gasteiger charge is -2.18. The van der Waals surface area contributed by atoms with Gasteiger partial charge in [0.15, 0.2) is 0 Å². The molecule has 0 atom stereocenters. The Bertz CT molecular complexity index is 743. The lowest BCUT2D eigenvalue weighted by atomic mass is 10.2. The number of sulfonamides is 1. The number of halogens is 2. The summed E-state index contributed by atoms with van der Waals surface area (Å²) in [7, 11) is -2.12. The predicted molar refractivity (Wildman–Crippen MR) is 86.0 cm³/mol. The maximum atomic E-state index is 12.5. The molecule has 0 saturated heterocycles. The van der Waals surface area contributed by atoms with Crippen LogP contribution in [0.4, 0.5) is 5.69 Å². The summed E-state index contributed by atoms with van der Waals surface area (Å²) in [5, 5.41) is 0.930. The molecule has 0 amide bonds. The van der Waals surface area contributed by atoms with Crippen molar-refractivity contribution in [3.63, 3.8) is 0 Å². The zero-order valence-electron chi connectivity index (χ0n) is 11.3. The number of anilines is 1. The zero-order valence-corrected chi connectivity index (χ0v) is 13.6. The summed E-state index contributed by atoms with van der Waals surface area (Å²) in [4.78, 5) is 0.151. The molecule has 0 aliphatic heterocycles. The minimum atomic E-state index is -3.62. The first-order chi connectivity index (χ1) is 9.79. The number of rotatable bonds is 4. The molecule has 0 radical (unpaired) electrons. The molecule has 21 heavy (non-hydrogen) atoms. The third-order valence-electron chi connectivity index (χ3n) is 2.89. The Labute approximate surface area is 134 Å². The Hall–Kier alpha value is -1.27. The van der Waals surface area contributed by atoms with Crippen molar-refractivity contribution in [3.05, 3.63) is 58.1 Å². The van der Waals surface area contributed by atoms with Crippen LogP contribution in [0.2, 0.25) is 10.0 Å². The highest BCUT2D eigenvalue weighted by molar-refractivity contribution is 7.89. The lowest BCUT2D eigenvalue weighted by molar-refractivity contribution is 0.467. The lowest BCUT2D eigenvalue weighted by Crippen LogP contribution is -2.26. The fourth-order valence-electron chi connectivity index (χ4n) is 1.90. The average molecular weight is 345 g/mol. The first-order valence-electron chi connectivity index (χ1n) is 6.06. The topological polar surface area (TPSA) is 63.4 Å². The van der Waals surface area contributed by atoms with Crippen LogP contribution in [0.1, 0.15) is 5.56 Å². The fraction of sp³-hybridized carbons (Fsp3) is 0.143. The first kappa shape index (κ1) is 16.1. The second kappa shape index (κ2) is 6.23. The number of nitrogens with zero attached hydrogens (tertiary/aromatic N) is 1. The van der Waals surface area contributed by atoms with Crippen molar-refractivity contribution in [1.29, 1.82) is 0 Å². The Kier molecular flexibility index (Phi) is 4.78. The molecule has 2 N–H and O–H groups in total. The molecule has 2 rings (SSSR count). The molecule has 0 unspecified atom stereocenters. The first-order valence-corrected chi connectivity index (χ1v) is 8.25. The summed E-state index contributed by atoms with van der Waals surface area (Å²) < 4.78 is 26.2.